The highest BCUT2D eigenvalue weighted by Crippen LogP contribution is 2.02. The molecule has 0 bridgehead atoms. The third-order valence-electron chi connectivity index (χ3n) is 2.98. The molecule has 0 aliphatic heterocycles. The Morgan fingerprint density at radius 1 is 1.53 bits per heavy atom. The van der Waals surface area contributed by atoms with Gasteiger partial charge in [-0.3, -0.25) is 4.68 Å². The predicted molar refractivity (Wildman–Crippen MR) is 74.0 cm³/mol. The third kappa shape index (κ3) is 5.30. The Bertz CT molecular complexity index is 399. The number of amides is 2. The van der Waals surface area contributed by atoms with E-state index in [1.807, 2.05) is 31.5 Å². The van der Waals surface area contributed by atoms with Crippen LogP contribution >= 0.6 is 0 Å². The van der Waals surface area contributed by atoms with E-state index in [1.165, 1.54) is 0 Å². The Kier molecular flexibility index (Phi) is 6.35. The summed E-state index contributed by atoms with van der Waals surface area (Å²) in [5.74, 6) is 0. The third-order valence-corrected chi connectivity index (χ3v) is 2.98. The van der Waals surface area contributed by atoms with Crippen molar-refractivity contribution >= 4 is 6.03 Å². The van der Waals surface area contributed by atoms with Crippen LogP contribution in [0, 0.1) is 13.8 Å². The molecule has 108 valence electrons. The van der Waals surface area contributed by atoms with Gasteiger partial charge in [-0.1, -0.05) is 6.92 Å². The van der Waals surface area contributed by atoms with Crippen LogP contribution in [0.2, 0.25) is 0 Å². The molecule has 0 fully saturated rings. The molecule has 0 spiro atoms. The van der Waals surface area contributed by atoms with Crippen LogP contribution in [0.15, 0.2) is 6.07 Å². The van der Waals surface area contributed by atoms with Gasteiger partial charge >= 0.3 is 6.03 Å². The van der Waals surface area contributed by atoms with Crippen molar-refractivity contribution in [3.05, 3.63) is 17.5 Å². The topological polar surface area (TPSA) is 79.2 Å². The van der Waals surface area contributed by atoms with Crippen molar-refractivity contribution in [2.24, 2.45) is 0 Å². The van der Waals surface area contributed by atoms with Crippen LogP contribution in [0.5, 0.6) is 0 Å². The number of aromatic nitrogens is 2. The van der Waals surface area contributed by atoms with Gasteiger partial charge in [-0.25, -0.2) is 4.79 Å². The first-order chi connectivity index (χ1) is 9.06. The Balaban J connectivity index is 2.20. The van der Waals surface area contributed by atoms with Gasteiger partial charge in [0.2, 0.25) is 0 Å². The van der Waals surface area contributed by atoms with Crippen LogP contribution in [-0.4, -0.2) is 40.1 Å². The van der Waals surface area contributed by atoms with E-state index < -0.39 is 0 Å². The second kappa shape index (κ2) is 7.78. The molecule has 0 aliphatic carbocycles. The SMILES string of the molecule is CCC(CO)NC(=O)NCCCn1nc(C)cc1C. The Hall–Kier alpha value is -1.56. The molecule has 1 unspecified atom stereocenters. The van der Waals surface area contributed by atoms with Crippen molar-refractivity contribution in [2.75, 3.05) is 13.2 Å². The molecule has 19 heavy (non-hydrogen) atoms. The van der Waals surface area contributed by atoms with E-state index in [9.17, 15) is 4.79 Å². The summed E-state index contributed by atoms with van der Waals surface area (Å²) < 4.78 is 1.94. The van der Waals surface area contributed by atoms with Crippen LogP contribution in [-0.2, 0) is 6.54 Å². The van der Waals surface area contributed by atoms with Crippen LogP contribution in [0.4, 0.5) is 4.79 Å². The number of carbonyl (C=O) groups is 1. The summed E-state index contributed by atoms with van der Waals surface area (Å²) in [7, 11) is 0. The zero-order valence-electron chi connectivity index (χ0n) is 11.9. The predicted octanol–water partition coefficient (Wildman–Crippen LogP) is 0.960. The maximum Gasteiger partial charge on any atom is 0.315 e. The number of aliphatic hydroxyl groups excluding tert-OH is 1. The van der Waals surface area contributed by atoms with E-state index in [2.05, 4.69) is 15.7 Å². The van der Waals surface area contributed by atoms with Gasteiger partial charge in [-0.2, -0.15) is 5.10 Å². The van der Waals surface area contributed by atoms with E-state index >= 15 is 0 Å². The molecule has 6 heteroatoms. The normalized spacial score (nSPS) is 12.2. The van der Waals surface area contributed by atoms with E-state index in [0.29, 0.717) is 6.54 Å². The zero-order valence-corrected chi connectivity index (χ0v) is 11.9. The number of aryl methyl sites for hydroxylation is 3. The smallest absolute Gasteiger partial charge is 0.315 e. The number of carbonyl (C=O) groups excluding carboxylic acids is 1. The molecule has 0 saturated carbocycles. The van der Waals surface area contributed by atoms with Crippen LogP contribution < -0.4 is 10.6 Å². The molecule has 1 rings (SSSR count). The van der Waals surface area contributed by atoms with Crippen LogP contribution in [0.1, 0.15) is 31.2 Å². The number of nitrogens with zero attached hydrogens (tertiary/aromatic N) is 2. The summed E-state index contributed by atoms with van der Waals surface area (Å²) in [5, 5.41) is 18.8. The van der Waals surface area contributed by atoms with Crippen LogP contribution in [0.25, 0.3) is 0 Å². The lowest BCUT2D eigenvalue weighted by molar-refractivity contribution is 0.214. The number of aliphatic hydroxyl groups is 1. The zero-order chi connectivity index (χ0) is 14.3. The first kappa shape index (κ1) is 15.5. The number of nitrogens with one attached hydrogen (secondary N) is 2. The summed E-state index contributed by atoms with van der Waals surface area (Å²) >= 11 is 0. The molecule has 3 N–H and O–H groups in total. The average Bonchev–Trinajstić information content (AvgIpc) is 2.70. The summed E-state index contributed by atoms with van der Waals surface area (Å²) in [6, 6.07) is 1.64. The first-order valence-electron chi connectivity index (χ1n) is 6.73. The largest absolute Gasteiger partial charge is 0.394 e. The van der Waals surface area contributed by atoms with Crippen molar-refractivity contribution in [1.29, 1.82) is 0 Å². The molecule has 1 aromatic rings. The lowest BCUT2D eigenvalue weighted by Crippen LogP contribution is -2.43. The van der Waals surface area contributed by atoms with Gasteiger partial charge in [0.15, 0.2) is 0 Å². The fourth-order valence-electron chi connectivity index (χ4n) is 1.85. The molecule has 1 heterocycles. The van der Waals surface area contributed by atoms with Crippen molar-refractivity contribution in [3.63, 3.8) is 0 Å². The van der Waals surface area contributed by atoms with E-state index in [0.717, 1.165) is 30.8 Å². The Labute approximate surface area is 114 Å². The Morgan fingerprint density at radius 3 is 2.79 bits per heavy atom. The molecule has 1 atom stereocenters. The highest BCUT2D eigenvalue weighted by atomic mass is 16.3. The van der Waals surface area contributed by atoms with Gasteiger partial charge in [-0.05, 0) is 32.8 Å². The average molecular weight is 268 g/mol. The lowest BCUT2D eigenvalue weighted by Gasteiger charge is -2.14. The van der Waals surface area contributed by atoms with Crippen molar-refractivity contribution < 1.29 is 9.90 Å². The lowest BCUT2D eigenvalue weighted by atomic mass is 10.2. The van der Waals surface area contributed by atoms with Gasteiger partial charge in [0, 0.05) is 18.8 Å². The molecule has 0 radical (unpaired) electrons. The quantitative estimate of drug-likeness (QED) is 0.644. The number of urea groups is 1. The highest BCUT2D eigenvalue weighted by Gasteiger charge is 2.08. The fourth-order valence-corrected chi connectivity index (χ4v) is 1.85. The minimum Gasteiger partial charge on any atom is -0.394 e. The minimum absolute atomic E-state index is 0.0321. The summed E-state index contributed by atoms with van der Waals surface area (Å²) in [6.07, 6.45) is 1.54. The molecule has 0 aromatic carbocycles. The van der Waals surface area contributed by atoms with Gasteiger partial charge in [0.1, 0.15) is 0 Å². The van der Waals surface area contributed by atoms with Crippen LogP contribution in [0.3, 0.4) is 0 Å². The van der Waals surface area contributed by atoms with Gasteiger partial charge in [0.05, 0.1) is 18.3 Å². The number of hydrogen-bond acceptors (Lipinski definition) is 3. The van der Waals surface area contributed by atoms with Crippen molar-refractivity contribution in [1.82, 2.24) is 20.4 Å². The summed E-state index contributed by atoms with van der Waals surface area (Å²) in [6.45, 7) is 7.26. The highest BCUT2D eigenvalue weighted by molar-refractivity contribution is 5.74. The van der Waals surface area contributed by atoms with Crippen molar-refractivity contribution in [3.8, 4) is 0 Å². The second-order valence-electron chi connectivity index (χ2n) is 4.69. The Morgan fingerprint density at radius 2 is 2.26 bits per heavy atom. The molecule has 2 amide bonds. The fraction of sp³-hybridized carbons (Fsp3) is 0.692. The van der Waals surface area contributed by atoms with E-state index in [-0.39, 0.29) is 18.7 Å². The number of hydrogen-bond donors (Lipinski definition) is 3. The van der Waals surface area contributed by atoms with Gasteiger partial charge < -0.3 is 15.7 Å². The van der Waals surface area contributed by atoms with Gasteiger partial charge in [0.25, 0.3) is 0 Å². The molecule has 0 aliphatic rings. The first-order valence-corrected chi connectivity index (χ1v) is 6.73. The van der Waals surface area contributed by atoms with E-state index in [1.54, 1.807) is 0 Å². The molecular formula is C13H24N4O2. The van der Waals surface area contributed by atoms with E-state index in [4.69, 9.17) is 5.11 Å². The second-order valence-corrected chi connectivity index (χ2v) is 4.69. The van der Waals surface area contributed by atoms with Crippen molar-refractivity contribution in [2.45, 2.75) is 46.2 Å². The molecule has 0 saturated heterocycles. The molecule has 6 nitrogen and oxygen atoms in total. The van der Waals surface area contributed by atoms with Gasteiger partial charge in [-0.15, -0.1) is 0 Å². The number of rotatable bonds is 7. The summed E-state index contributed by atoms with van der Waals surface area (Å²) in [4.78, 5) is 11.5. The maximum atomic E-state index is 11.5. The molecule has 1 aromatic heterocycles. The monoisotopic (exact) mass is 268 g/mol. The minimum atomic E-state index is -0.228. The molecular weight excluding hydrogens is 244 g/mol. The summed E-state index contributed by atoms with van der Waals surface area (Å²) in [5.41, 5.74) is 2.14. The maximum absolute atomic E-state index is 11.5. The standard InChI is InChI=1S/C13H24N4O2/c1-4-12(9-18)15-13(19)14-6-5-7-17-11(3)8-10(2)16-17/h8,12,18H,4-7,9H2,1-3H3,(H2,14,15,19).